The van der Waals surface area contributed by atoms with E-state index in [1.54, 1.807) is 0 Å². The SMILES string of the molecule is CCCCC1CCCC(C2CC=C(c3cnc(-c4ccc(CCC(=O)N5CCCC5)cc4)nc3)CC2)CC1. The number of allylic oxidation sites excluding steroid dienone is 2. The van der Waals surface area contributed by atoms with Crippen LogP contribution in [0.2, 0.25) is 0 Å². The molecule has 4 nitrogen and oxygen atoms in total. The zero-order chi connectivity index (χ0) is 26.2. The molecule has 0 radical (unpaired) electrons. The van der Waals surface area contributed by atoms with E-state index in [-0.39, 0.29) is 0 Å². The van der Waals surface area contributed by atoms with Gasteiger partial charge in [-0.15, -0.1) is 0 Å². The van der Waals surface area contributed by atoms with Gasteiger partial charge in [-0.3, -0.25) is 4.79 Å². The quantitative estimate of drug-likeness (QED) is 0.317. The van der Waals surface area contributed by atoms with Gasteiger partial charge in [-0.05, 0) is 73.8 Å². The Bertz CT molecular complexity index is 1050. The second-order valence-electron chi connectivity index (χ2n) is 12.1. The van der Waals surface area contributed by atoms with Gasteiger partial charge in [-0.1, -0.05) is 82.2 Å². The van der Waals surface area contributed by atoms with Crippen molar-refractivity contribution < 1.29 is 4.79 Å². The van der Waals surface area contributed by atoms with Crippen molar-refractivity contribution in [3.63, 3.8) is 0 Å². The maximum absolute atomic E-state index is 12.3. The van der Waals surface area contributed by atoms with E-state index >= 15 is 0 Å². The third kappa shape index (κ3) is 7.12. The van der Waals surface area contributed by atoms with Crippen molar-refractivity contribution in [1.29, 1.82) is 0 Å². The lowest BCUT2D eigenvalue weighted by molar-refractivity contribution is -0.130. The van der Waals surface area contributed by atoms with Crippen molar-refractivity contribution >= 4 is 11.5 Å². The number of hydrogen-bond acceptors (Lipinski definition) is 3. The number of aryl methyl sites for hydroxylation is 1. The number of rotatable bonds is 9. The molecule has 1 saturated heterocycles. The number of benzene rings is 1. The third-order valence-electron chi connectivity index (χ3n) is 9.54. The minimum absolute atomic E-state index is 0.291. The monoisotopic (exact) mass is 513 g/mol. The van der Waals surface area contributed by atoms with E-state index in [4.69, 9.17) is 9.97 Å². The Morgan fingerprint density at radius 3 is 2.39 bits per heavy atom. The first-order valence-electron chi connectivity index (χ1n) is 15.6. The average Bonchev–Trinajstić information content (AvgIpc) is 3.42. The van der Waals surface area contributed by atoms with E-state index < -0.39 is 0 Å². The van der Waals surface area contributed by atoms with Gasteiger partial charge in [0.1, 0.15) is 0 Å². The maximum atomic E-state index is 12.3. The van der Waals surface area contributed by atoms with Crippen LogP contribution in [0.15, 0.2) is 42.7 Å². The number of hydrogen-bond donors (Lipinski definition) is 0. The molecule has 3 unspecified atom stereocenters. The molecule has 1 aromatic heterocycles. The Hall–Kier alpha value is -2.49. The van der Waals surface area contributed by atoms with Gasteiger partial charge in [0.05, 0.1) is 0 Å². The lowest BCUT2D eigenvalue weighted by Gasteiger charge is -2.29. The molecule has 204 valence electrons. The van der Waals surface area contributed by atoms with Crippen molar-refractivity contribution in [2.45, 2.75) is 103 Å². The number of unbranched alkanes of at least 4 members (excludes halogenated alkanes) is 1. The summed E-state index contributed by atoms with van der Waals surface area (Å²) in [6, 6.07) is 8.42. The van der Waals surface area contributed by atoms with Crippen molar-refractivity contribution in [3.05, 3.63) is 53.9 Å². The van der Waals surface area contributed by atoms with Crippen LogP contribution >= 0.6 is 0 Å². The fourth-order valence-electron chi connectivity index (χ4n) is 7.04. The van der Waals surface area contributed by atoms with E-state index in [2.05, 4.69) is 37.3 Å². The summed E-state index contributed by atoms with van der Waals surface area (Å²) in [5, 5.41) is 0. The second kappa shape index (κ2) is 13.5. The largest absolute Gasteiger partial charge is 0.343 e. The van der Waals surface area contributed by atoms with Gasteiger partial charge < -0.3 is 4.90 Å². The fraction of sp³-hybridized carbons (Fsp3) is 0.618. The van der Waals surface area contributed by atoms with Gasteiger partial charge in [0.15, 0.2) is 5.82 Å². The molecule has 3 aliphatic rings. The highest BCUT2D eigenvalue weighted by molar-refractivity contribution is 5.76. The van der Waals surface area contributed by atoms with Gasteiger partial charge in [0.2, 0.25) is 5.91 Å². The van der Waals surface area contributed by atoms with E-state index in [1.807, 2.05) is 17.3 Å². The Balaban J connectivity index is 1.11. The summed E-state index contributed by atoms with van der Waals surface area (Å²) in [6.45, 7) is 4.19. The van der Waals surface area contributed by atoms with Crippen LogP contribution in [0, 0.1) is 17.8 Å². The molecule has 0 N–H and O–H groups in total. The van der Waals surface area contributed by atoms with Crippen LogP contribution in [0.3, 0.4) is 0 Å². The van der Waals surface area contributed by atoms with Crippen LogP contribution < -0.4 is 0 Å². The van der Waals surface area contributed by atoms with Crippen LogP contribution in [0.1, 0.15) is 108 Å². The first kappa shape index (κ1) is 27.1. The lowest BCUT2D eigenvalue weighted by Crippen LogP contribution is -2.27. The first-order chi connectivity index (χ1) is 18.7. The first-order valence-corrected chi connectivity index (χ1v) is 15.6. The number of aromatic nitrogens is 2. The van der Waals surface area contributed by atoms with Crippen LogP contribution in [-0.4, -0.2) is 33.9 Å². The van der Waals surface area contributed by atoms with E-state index in [0.29, 0.717) is 12.3 Å². The highest BCUT2D eigenvalue weighted by Crippen LogP contribution is 2.41. The molecule has 0 spiro atoms. The highest BCUT2D eigenvalue weighted by atomic mass is 16.2. The zero-order valence-electron chi connectivity index (χ0n) is 23.5. The number of carbonyl (C=O) groups is 1. The van der Waals surface area contributed by atoms with Crippen molar-refractivity contribution in [1.82, 2.24) is 14.9 Å². The number of amides is 1. The van der Waals surface area contributed by atoms with Crippen LogP contribution in [0.5, 0.6) is 0 Å². The summed E-state index contributed by atoms with van der Waals surface area (Å²) in [7, 11) is 0. The van der Waals surface area contributed by atoms with Gasteiger partial charge in [-0.2, -0.15) is 0 Å². The molecule has 4 heteroatoms. The van der Waals surface area contributed by atoms with Gasteiger partial charge >= 0.3 is 0 Å². The highest BCUT2D eigenvalue weighted by Gasteiger charge is 2.27. The third-order valence-corrected chi connectivity index (χ3v) is 9.54. The second-order valence-corrected chi connectivity index (χ2v) is 12.1. The number of carbonyl (C=O) groups excluding carboxylic acids is 1. The smallest absolute Gasteiger partial charge is 0.222 e. The molecule has 1 aromatic carbocycles. The summed E-state index contributed by atoms with van der Waals surface area (Å²) in [5.41, 5.74) is 4.85. The topological polar surface area (TPSA) is 46.1 Å². The minimum atomic E-state index is 0.291. The molecular weight excluding hydrogens is 466 g/mol. The van der Waals surface area contributed by atoms with E-state index in [0.717, 1.165) is 67.9 Å². The molecule has 1 aliphatic heterocycles. The molecule has 1 saturated carbocycles. The Kier molecular flexibility index (Phi) is 9.65. The summed E-state index contributed by atoms with van der Waals surface area (Å²) in [4.78, 5) is 23.8. The molecular formula is C34H47N3O. The summed E-state index contributed by atoms with van der Waals surface area (Å²) >= 11 is 0. The van der Waals surface area contributed by atoms with Crippen molar-refractivity contribution in [3.8, 4) is 11.4 Å². The van der Waals surface area contributed by atoms with Gasteiger partial charge in [-0.25, -0.2) is 9.97 Å². The Morgan fingerprint density at radius 1 is 0.895 bits per heavy atom. The molecule has 2 aliphatic carbocycles. The summed E-state index contributed by atoms with van der Waals surface area (Å²) in [6.07, 6.45) is 25.4. The molecule has 3 atom stereocenters. The predicted octanol–water partition coefficient (Wildman–Crippen LogP) is 8.27. The summed E-state index contributed by atoms with van der Waals surface area (Å²) < 4.78 is 0. The molecule has 2 aromatic rings. The minimum Gasteiger partial charge on any atom is -0.343 e. The van der Waals surface area contributed by atoms with Crippen LogP contribution in [0.25, 0.3) is 17.0 Å². The van der Waals surface area contributed by atoms with Crippen LogP contribution in [-0.2, 0) is 11.2 Å². The summed E-state index contributed by atoms with van der Waals surface area (Å²) in [5.74, 6) is 3.86. The van der Waals surface area contributed by atoms with Gasteiger partial charge in [0, 0.05) is 43.0 Å². The molecule has 2 fully saturated rings. The van der Waals surface area contributed by atoms with Gasteiger partial charge in [0.25, 0.3) is 0 Å². The van der Waals surface area contributed by atoms with E-state index in [1.165, 1.54) is 80.9 Å². The zero-order valence-corrected chi connectivity index (χ0v) is 23.5. The van der Waals surface area contributed by atoms with Crippen molar-refractivity contribution in [2.24, 2.45) is 17.8 Å². The Morgan fingerprint density at radius 2 is 1.68 bits per heavy atom. The Labute approximate surface area is 230 Å². The maximum Gasteiger partial charge on any atom is 0.222 e. The lowest BCUT2D eigenvalue weighted by atomic mass is 9.76. The van der Waals surface area contributed by atoms with E-state index in [9.17, 15) is 4.79 Å². The predicted molar refractivity (Wildman–Crippen MR) is 157 cm³/mol. The molecule has 38 heavy (non-hydrogen) atoms. The number of nitrogens with zero attached hydrogens (tertiary/aromatic N) is 3. The number of likely N-dealkylation sites (tertiary alicyclic amines) is 1. The van der Waals surface area contributed by atoms with Crippen molar-refractivity contribution in [2.75, 3.05) is 13.1 Å². The molecule has 1 amide bonds. The van der Waals surface area contributed by atoms with Crippen LogP contribution in [0.4, 0.5) is 0 Å². The molecule has 0 bridgehead atoms. The molecule has 2 heterocycles. The average molecular weight is 514 g/mol. The standard InChI is InChI=1S/C34H47N3O/c1-2-3-7-26-8-6-9-28(14-10-26)29-17-19-30(20-18-29)32-24-35-34(36-25-32)31-15-11-27(12-16-31)13-21-33(38)37-22-4-5-23-37/h11-12,15-16,19,24-26,28-29H,2-10,13-14,17-18,20-23H2,1H3. The normalized spacial score (nSPS) is 24.2. The molecule has 5 rings (SSSR count). The fourth-order valence-corrected chi connectivity index (χ4v) is 7.04.